The van der Waals surface area contributed by atoms with Gasteiger partial charge in [-0.2, -0.15) is 0 Å². The molecule has 3 rings (SSSR count). The number of aromatic amines is 1. The minimum Gasteiger partial charge on any atom is -0.508 e. The van der Waals surface area contributed by atoms with Gasteiger partial charge in [-0.1, -0.05) is 50.6 Å². The highest BCUT2D eigenvalue weighted by Crippen LogP contribution is 2.19. The molecule has 0 radical (unpaired) electrons. The molecule has 2 aromatic carbocycles. The Bertz CT molecular complexity index is 1310. The van der Waals surface area contributed by atoms with Crippen LogP contribution in [0.1, 0.15) is 31.4 Å². The lowest BCUT2D eigenvalue weighted by atomic mass is 9.97. The summed E-state index contributed by atoms with van der Waals surface area (Å²) in [4.78, 5) is 53.1. The van der Waals surface area contributed by atoms with Crippen molar-refractivity contribution in [2.45, 2.75) is 51.2 Å². The quantitative estimate of drug-likeness (QED) is 0.171. The topological polar surface area (TPSA) is 187 Å². The second-order valence-corrected chi connectivity index (χ2v) is 9.59. The SMILES string of the molecule is CCC(C)C(NC(=O)C(N)Cc1ccc(O)cc1)C(=O)NCC(=O)NC(Cc1c[nH]c2ccccc12)C(=O)O. The molecule has 0 saturated carbocycles. The summed E-state index contributed by atoms with van der Waals surface area (Å²) in [6.45, 7) is 3.19. The molecule has 3 aromatic rings. The van der Waals surface area contributed by atoms with Crippen LogP contribution in [0.2, 0.25) is 0 Å². The van der Waals surface area contributed by atoms with Gasteiger partial charge in [0.25, 0.3) is 0 Å². The number of aromatic hydroxyl groups is 1. The number of hydrogen-bond acceptors (Lipinski definition) is 6. The number of nitrogens with one attached hydrogen (secondary N) is 4. The number of phenolic OH excluding ortho intramolecular Hbond substituents is 1. The number of benzene rings is 2. The van der Waals surface area contributed by atoms with E-state index in [2.05, 4.69) is 20.9 Å². The summed E-state index contributed by atoms with van der Waals surface area (Å²) in [6, 6.07) is 10.7. The number of aliphatic carboxylic acids is 1. The third-order valence-corrected chi connectivity index (χ3v) is 6.68. The number of hydrogen-bond donors (Lipinski definition) is 7. The van der Waals surface area contributed by atoms with Crippen LogP contribution in [0.3, 0.4) is 0 Å². The lowest BCUT2D eigenvalue weighted by molar-refractivity contribution is -0.141. The van der Waals surface area contributed by atoms with Crippen LogP contribution in [0.4, 0.5) is 0 Å². The lowest BCUT2D eigenvalue weighted by Gasteiger charge is -2.25. The standard InChI is InChI=1S/C28H35N5O6/c1-3-16(2)25(33-26(36)21(29)12-17-8-10-19(34)11-9-17)27(37)31-15-24(35)32-23(28(38)39)13-18-14-30-22-7-5-4-6-20(18)22/h4-11,14,16,21,23,25,30,34H,3,12-13,15,29H2,1-2H3,(H,31,37)(H,32,35)(H,33,36)(H,38,39). The second kappa shape index (κ2) is 13.4. The molecule has 0 saturated heterocycles. The maximum absolute atomic E-state index is 12.9. The van der Waals surface area contributed by atoms with Crippen LogP contribution in [-0.2, 0) is 32.0 Å². The maximum atomic E-state index is 12.9. The van der Waals surface area contributed by atoms with Crippen LogP contribution in [-0.4, -0.2) is 63.6 Å². The molecular weight excluding hydrogens is 502 g/mol. The van der Waals surface area contributed by atoms with Crippen molar-refractivity contribution in [1.82, 2.24) is 20.9 Å². The van der Waals surface area contributed by atoms with E-state index in [0.29, 0.717) is 6.42 Å². The number of carboxylic acids is 1. The van der Waals surface area contributed by atoms with E-state index in [1.54, 1.807) is 25.3 Å². The third-order valence-electron chi connectivity index (χ3n) is 6.68. The first-order chi connectivity index (χ1) is 18.6. The summed E-state index contributed by atoms with van der Waals surface area (Å²) >= 11 is 0. The summed E-state index contributed by atoms with van der Waals surface area (Å²) in [6.07, 6.45) is 2.55. The molecule has 8 N–H and O–H groups in total. The summed E-state index contributed by atoms with van der Waals surface area (Å²) in [5, 5.41) is 27.6. The van der Waals surface area contributed by atoms with Gasteiger partial charge < -0.3 is 36.9 Å². The fraction of sp³-hybridized carbons (Fsp3) is 0.357. The van der Waals surface area contributed by atoms with Crippen molar-refractivity contribution >= 4 is 34.6 Å². The van der Waals surface area contributed by atoms with E-state index < -0.39 is 48.4 Å². The van der Waals surface area contributed by atoms with Crippen LogP contribution >= 0.6 is 0 Å². The van der Waals surface area contributed by atoms with Crippen LogP contribution in [0.5, 0.6) is 5.75 Å². The van der Waals surface area contributed by atoms with Crippen molar-refractivity contribution in [2.75, 3.05) is 6.54 Å². The minimum absolute atomic E-state index is 0.0590. The van der Waals surface area contributed by atoms with Crippen LogP contribution in [0, 0.1) is 5.92 Å². The Kier molecular flexibility index (Phi) is 10.0. The fourth-order valence-electron chi connectivity index (χ4n) is 4.18. The molecule has 0 aliphatic carbocycles. The largest absolute Gasteiger partial charge is 0.508 e. The fourth-order valence-corrected chi connectivity index (χ4v) is 4.18. The van der Waals surface area contributed by atoms with Crippen LogP contribution < -0.4 is 21.7 Å². The number of amides is 3. The molecular formula is C28H35N5O6. The highest BCUT2D eigenvalue weighted by molar-refractivity contribution is 5.93. The molecule has 0 bridgehead atoms. The summed E-state index contributed by atoms with van der Waals surface area (Å²) in [5.41, 5.74) is 8.39. The molecule has 0 aliphatic heterocycles. The zero-order chi connectivity index (χ0) is 28.5. The molecule has 4 atom stereocenters. The number of fused-ring (bicyclic) bond motifs is 1. The van der Waals surface area contributed by atoms with E-state index in [1.807, 2.05) is 31.2 Å². The summed E-state index contributed by atoms with van der Waals surface area (Å²) < 4.78 is 0. The Morgan fingerprint density at radius 3 is 2.33 bits per heavy atom. The summed E-state index contributed by atoms with van der Waals surface area (Å²) in [5.74, 6) is -3.14. The Balaban J connectivity index is 1.56. The van der Waals surface area contributed by atoms with Gasteiger partial charge in [0.1, 0.15) is 17.8 Å². The Morgan fingerprint density at radius 2 is 1.67 bits per heavy atom. The number of para-hydroxylation sites is 1. The number of rotatable bonds is 13. The van der Waals surface area contributed by atoms with E-state index in [-0.39, 0.29) is 24.5 Å². The average Bonchev–Trinajstić information content (AvgIpc) is 3.33. The van der Waals surface area contributed by atoms with E-state index in [1.165, 1.54) is 12.1 Å². The number of carboxylic acid groups (broad SMARTS) is 1. The van der Waals surface area contributed by atoms with Gasteiger partial charge in [0.15, 0.2) is 0 Å². The number of carbonyl (C=O) groups excluding carboxylic acids is 3. The number of nitrogens with two attached hydrogens (primary N) is 1. The van der Waals surface area contributed by atoms with Crippen LogP contribution in [0.15, 0.2) is 54.7 Å². The molecule has 1 aromatic heterocycles. The van der Waals surface area contributed by atoms with Gasteiger partial charge in [0, 0.05) is 23.5 Å². The third kappa shape index (κ3) is 8.05. The normalized spacial score (nSPS) is 14.1. The van der Waals surface area contributed by atoms with Gasteiger partial charge in [-0.05, 0) is 41.7 Å². The number of carbonyl (C=O) groups is 4. The molecule has 4 unspecified atom stereocenters. The first kappa shape index (κ1) is 29.2. The molecule has 0 aliphatic rings. The van der Waals surface area contributed by atoms with Gasteiger partial charge in [-0.3, -0.25) is 14.4 Å². The lowest BCUT2D eigenvalue weighted by Crippen LogP contribution is -2.56. The van der Waals surface area contributed by atoms with Gasteiger partial charge in [0.05, 0.1) is 12.6 Å². The van der Waals surface area contributed by atoms with Crippen molar-refractivity contribution in [1.29, 1.82) is 0 Å². The molecule has 0 spiro atoms. The van der Waals surface area contributed by atoms with Gasteiger partial charge in [-0.25, -0.2) is 4.79 Å². The number of phenols is 1. The van der Waals surface area contributed by atoms with Crippen molar-refractivity contribution < 1.29 is 29.4 Å². The molecule has 11 nitrogen and oxygen atoms in total. The maximum Gasteiger partial charge on any atom is 0.326 e. The minimum atomic E-state index is -1.20. The molecule has 1 heterocycles. The highest BCUT2D eigenvalue weighted by Gasteiger charge is 2.29. The van der Waals surface area contributed by atoms with E-state index in [4.69, 9.17) is 5.73 Å². The zero-order valence-electron chi connectivity index (χ0n) is 21.9. The number of aromatic nitrogens is 1. The Morgan fingerprint density at radius 1 is 0.974 bits per heavy atom. The van der Waals surface area contributed by atoms with E-state index in [0.717, 1.165) is 22.0 Å². The molecule has 3 amide bonds. The van der Waals surface area contributed by atoms with Crippen molar-refractivity contribution in [3.05, 3.63) is 65.9 Å². The molecule has 39 heavy (non-hydrogen) atoms. The molecule has 0 fully saturated rings. The number of H-pyrrole nitrogens is 1. The molecule has 11 heteroatoms. The van der Waals surface area contributed by atoms with Crippen molar-refractivity contribution in [3.8, 4) is 5.75 Å². The van der Waals surface area contributed by atoms with E-state index >= 15 is 0 Å². The van der Waals surface area contributed by atoms with Crippen LogP contribution in [0.25, 0.3) is 10.9 Å². The van der Waals surface area contributed by atoms with Crippen molar-refractivity contribution in [3.63, 3.8) is 0 Å². The Labute approximate surface area is 226 Å². The first-order valence-corrected chi connectivity index (χ1v) is 12.8. The highest BCUT2D eigenvalue weighted by atomic mass is 16.4. The molecule has 208 valence electrons. The zero-order valence-corrected chi connectivity index (χ0v) is 21.9. The Hall–Kier alpha value is -4.38. The van der Waals surface area contributed by atoms with E-state index in [9.17, 15) is 29.4 Å². The first-order valence-electron chi connectivity index (χ1n) is 12.8. The van der Waals surface area contributed by atoms with Gasteiger partial charge in [-0.15, -0.1) is 0 Å². The summed E-state index contributed by atoms with van der Waals surface area (Å²) in [7, 11) is 0. The second-order valence-electron chi connectivity index (χ2n) is 9.59. The van der Waals surface area contributed by atoms with Crippen molar-refractivity contribution in [2.24, 2.45) is 11.7 Å². The monoisotopic (exact) mass is 537 g/mol. The predicted octanol–water partition coefficient (Wildman–Crippen LogP) is 1.20. The average molecular weight is 538 g/mol. The van der Waals surface area contributed by atoms with Gasteiger partial charge >= 0.3 is 5.97 Å². The predicted molar refractivity (Wildman–Crippen MR) is 146 cm³/mol. The van der Waals surface area contributed by atoms with Gasteiger partial charge in [0.2, 0.25) is 17.7 Å². The smallest absolute Gasteiger partial charge is 0.326 e.